The van der Waals surface area contributed by atoms with Gasteiger partial charge in [0.15, 0.2) is 21.2 Å². The highest BCUT2D eigenvalue weighted by atomic mass is 32.1. The largest absolute Gasteiger partial charge is 0.493 e. The molecular weight excluding hydrogens is 474 g/mol. The number of benzene rings is 1. The van der Waals surface area contributed by atoms with Gasteiger partial charge >= 0.3 is 0 Å². The molecule has 0 radical (unpaired) electrons. The molecule has 34 heavy (non-hydrogen) atoms. The van der Waals surface area contributed by atoms with Crippen LogP contribution in [0.15, 0.2) is 34.8 Å². The van der Waals surface area contributed by atoms with Crippen LogP contribution in [0.5, 0.6) is 17.2 Å². The summed E-state index contributed by atoms with van der Waals surface area (Å²) in [5.41, 5.74) is 8.43. The molecule has 2 aliphatic rings. The molecule has 1 atom stereocenters. The van der Waals surface area contributed by atoms with E-state index in [0.717, 1.165) is 0 Å². The fourth-order valence-electron chi connectivity index (χ4n) is 4.65. The van der Waals surface area contributed by atoms with Gasteiger partial charge in [-0.15, -0.1) is 5.10 Å². The van der Waals surface area contributed by atoms with Crippen LogP contribution in [0.25, 0.3) is 0 Å². The monoisotopic (exact) mass is 499 g/mol. The Labute approximate surface area is 206 Å². The lowest BCUT2D eigenvalue weighted by Gasteiger charge is -2.42. The number of nitriles is 1. The summed E-state index contributed by atoms with van der Waals surface area (Å²) in [5, 5.41) is 17.7. The standard InChI is InChI=1S/C23H25N5O4S2/c1-23(2)8-13-18(14(29)9-23)17(11-6-15(30-3)19(32-5)16(7-11)31-4)12(10-24)20(25)28(13)21-26-27-22(33)34-21/h6-7,17H,8-9,25H2,1-5H3,(H,27,33). The molecule has 0 saturated heterocycles. The Bertz CT molecular complexity index is 1310. The molecule has 2 heterocycles. The van der Waals surface area contributed by atoms with E-state index in [9.17, 15) is 10.1 Å². The first kappa shape index (κ1) is 23.8. The number of ketones is 1. The molecule has 1 unspecified atom stereocenters. The lowest BCUT2D eigenvalue weighted by atomic mass is 9.68. The Balaban J connectivity index is 2.03. The highest BCUT2D eigenvalue weighted by Gasteiger charge is 2.45. The van der Waals surface area contributed by atoms with Gasteiger partial charge in [-0.05, 0) is 41.7 Å². The highest BCUT2D eigenvalue weighted by Crippen LogP contribution is 2.52. The molecule has 0 saturated carbocycles. The number of nitrogens with zero attached hydrogens (tertiary/aromatic N) is 3. The number of aromatic amines is 1. The van der Waals surface area contributed by atoms with E-state index in [-0.39, 0.29) is 22.6 Å². The lowest BCUT2D eigenvalue weighted by molar-refractivity contribution is -0.118. The molecule has 11 heteroatoms. The maximum Gasteiger partial charge on any atom is 0.216 e. The minimum Gasteiger partial charge on any atom is -0.493 e. The van der Waals surface area contributed by atoms with Crippen molar-refractivity contribution in [2.24, 2.45) is 11.1 Å². The number of anilines is 1. The molecule has 0 spiro atoms. The molecule has 0 amide bonds. The molecule has 1 aliphatic carbocycles. The quantitative estimate of drug-likeness (QED) is 0.583. The normalized spacial score (nSPS) is 19.6. The number of carbonyl (C=O) groups is 1. The second kappa shape index (κ2) is 8.77. The van der Waals surface area contributed by atoms with Gasteiger partial charge in [0, 0.05) is 17.7 Å². The summed E-state index contributed by atoms with van der Waals surface area (Å²) in [6, 6.07) is 5.75. The fraction of sp³-hybridized carbons (Fsp3) is 0.391. The first-order valence-electron chi connectivity index (χ1n) is 10.5. The molecule has 4 rings (SSSR count). The predicted molar refractivity (Wildman–Crippen MR) is 130 cm³/mol. The molecule has 2 aromatic rings. The summed E-state index contributed by atoms with van der Waals surface area (Å²) in [4.78, 5) is 15.3. The Hall–Kier alpha value is -3.36. The van der Waals surface area contributed by atoms with Crippen LogP contribution in [0, 0.1) is 20.7 Å². The predicted octanol–water partition coefficient (Wildman–Crippen LogP) is 4.17. The number of aromatic nitrogens is 2. The minimum absolute atomic E-state index is 0.0469. The maximum atomic E-state index is 13.6. The zero-order valence-electron chi connectivity index (χ0n) is 19.5. The van der Waals surface area contributed by atoms with E-state index in [1.54, 1.807) is 17.0 Å². The number of ether oxygens (including phenoxy) is 3. The number of allylic oxidation sites excluding steroid dienone is 3. The maximum absolute atomic E-state index is 13.6. The first-order chi connectivity index (χ1) is 16.1. The summed E-state index contributed by atoms with van der Waals surface area (Å²) in [7, 11) is 4.55. The Kier molecular flexibility index (Phi) is 6.14. The number of rotatable bonds is 5. The smallest absolute Gasteiger partial charge is 0.216 e. The average molecular weight is 500 g/mol. The van der Waals surface area contributed by atoms with Crippen molar-refractivity contribution in [3.63, 3.8) is 0 Å². The molecule has 1 aromatic carbocycles. The van der Waals surface area contributed by atoms with Gasteiger partial charge in [-0.1, -0.05) is 25.2 Å². The van der Waals surface area contributed by atoms with Crippen LogP contribution >= 0.6 is 23.6 Å². The van der Waals surface area contributed by atoms with Crippen LogP contribution in [0.1, 0.15) is 38.2 Å². The second-order valence-electron chi connectivity index (χ2n) is 8.83. The Morgan fingerprint density at radius 1 is 1.24 bits per heavy atom. The molecule has 1 aromatic heterocycles. The van der Waals surface area contributed by atoms with Crippen molar-refractivity contribution >= 4 is 34.5 Å². The summed E-state index contributed by atoms with van der Waals surface area (Å²) < 4.78 is 17.0. The van der Waals surface area contributed by atoms with Gasteiger partial charge in [-0.3, -0.25) is 14.8 Å². The van der Waals surface area contributed by atoms with E-state index in [1.807, 2.05) is 13.8 Å². The molecule has 178 valence electrons. The molecule has 9 nitrogen and oxygen atoms in total. The number of H-pyrrole nitrogens is 1. The number of Topliss-reactive ketones (excluding diaryl/α,β-unsaturated/α-hetero) is 1. The van der Waals surface area contributed by atoms with Crippen LogP contribution in [-0.2, 0) is 4.79 Å². The third-order valence-electron chi connectivity index (χ3n) is 6.02. The van der Waals surface area contributed by atoms with E-state index < -0.39 is 5.92 Å². The van der Waals surface area contributed by atoms with Crippen LogP contribution < -0.4 is 24.8 Å². The van der Waals surface area contributed by atoms with E-state index in [1.165, 1.54) is 32.7 Å². The molecule has 3 N–H and O–H groups in total. The Morgan fingerprint density at radius 2 is 1.88 bits per heavy atom. The van der Waals surface area contributed by atoms with Gasteiger partial charge in [0.25, 0.3) is 0 Å². The molecule has 1 aliphatic heterocycles. The van der Waals surface area contributed by atoms with E-state index in [0.29, 0.717) is 56.0 Å². The van der Waals surface area contributed by atoms with Crippen LogP contribution in [0.4, 0.5) is 5.13 Å². The summed E-state index contributed by atoms with van der Waals surface area (Å²) in [6.45, 7) is 4.07. The summed E-state index contributed by atoms with van der Waals surface area (Å²) in [5.74, 6) is 0.735. The SMILES string of the molecule is COc1cc(C2C(C#N)=C(N)N(c3n[nH]c(=S)s3)C3=C2C(=O)CC(C)(C)C3)cc(OC)c1OC. The van der Waals surface area contributed by atoms with Crippen molar-refractivity contribution in [2.75, 3.05) is 26.2 Å². The summed E-state index contributed by atoms with van der Waals surface area (Å²) in [6.07, 6.45) is 0.913. The summed E-state index contributed by atoms with van der Waals surface area (Å²) >= 11 is 6.45. The number of hydrogen-bond acceptors (Lipinski definition) is 10. The van der Waals surface area contributed by atoms with Gasteiger partial charge < -0.3 is 19.9 Å². The van der Waals surface area contributed by atoms with Gasteiger partial charge in [-0.25, -0.2) is 0 Å². The van der Waals surface area contributed by atoms with Crippen LogP contribution in [0.2, 0.25) is 0 Å². The number of nitrogens with two attached hydrogens (primary N) is 1. The fourth-order valence-corrected chi connectivity index (χ4v) is 5.56. The molecular formula is C23H25N5O4S2. The van der Waals surface area contributed by atoms with Crippen LogP contribution in [-0.4, -0.2) is 37.3 Å². The van der Waals surface area contributed by atoms with Crippen molar-refractivity contribution < 1.29 is 19.0 Å². The first-order valence-corrected chi connectivity index (χ1v) is 11.7. The topological polar surface area (TPSA) is 126 Å². The van der Waals surface area contributed by atoms with E-state index in [4.69, 9.17) is 32.2 Å². The molecule has 0 fully saturated rings. The number of methoxy groups -OCH3 is 3. The van der Waals surface area contributed by atoms with Crippen molar-refractivity contribution in [2.45, 2.75) is 32.6 Å². The van der Waals surface area contributed by atoms with E-state index >= 15 is 0 Å². The van der Waals surface area contributed by atoms with Crippen molar-refractivity contribution in [1.82, 2.24) is 10.2 Å². The number of nitrogens with one attached hydrogen (secondary N) is 1. The number of carbonyl (C=O) groups excluding carboxylic acids is 1. The zero-order chi connectivity index (χ0) is 24.8. The minimum atomic E-state index is -0.694. The van der Waals surface area contributed by atoms with Gasteiger partial charge in [0.2, 0.25) is 10.9 Å². The Morgan fingerprint density at radius 3 is 2.38 bits per heavy atom. The van der Waals surface area contributed by atoms with Crippen molar-refractivity contribution in [1.29, 1.82) is 5.26 Å². The second-order valence-corrected chi connectivity index (χ2v) is 10.5. The van der Waals surface area contributed by atoms with E-state index in [2.05, 4.69) is 16.3 Å². The number of hydrogen-bond donors (Lipinski definition) is 2. The zero-order valence-corrected chi connectivity index (χ0v) is 21.1. The lowest BCUT2D eigenvalue weighted by Crippen LogP contribution is -2.42. The third kappa shape index (κ3) is 3.82. The third-order valence-corrected chi connectivity index (χ3v) is 7.09. The van der Waals surface area contributed by atoms with Crippen LogP contribution in [0.3, 0.4) is 0 Å². The van der Waals surface area contributed by atoms with Gasteiger partial charge in [0.05, 0.1) is 38.9 Å². The highest BCUT2D eigenvalue weighted by molar-refractivity contribution is 7.73. The van der Waals surface area contributed by atoms with Crippen molar-refractivity contribution in [3.8, 4) is 23.3 Å². The van der Waals surface area contributed by atoms with Gasteiger partial charge in [-0.2, -0.15) is 5.26 Å². The van der Waals surface area contributed by atoms with Gasteiger partial charge in [0.1, 0.15) is 5.82 Å². The molecule has 0 bridgehead atoms. The van der Waals surface area contributed by atoms with Crippen molar-refractivity contribution in [3.05, 3.63) is 44.3 Å². The average Bonchev–Trinajstić information content (AvgIpc) is 3.21.